The van der Waals surface area contributed by atoms with E-state index in [0.717, 1.165) is 11.3 Å². The Morgan fingerprint density at radius 3 is 2.48 bits per heavy atom. The zero-order valence-corrected chi connectivity index (χ0v) is 13.2. The van der Waals surface area contributed by atoms with E-state index < -0.39 is 0 Å². The second-order valence-electron chi connectivity index (χ2n) is 6.05. The van der Waals surface area contributed by atoms with Crippen molar-refractivity contribution < 1.29 is 4.74 Å². The van der Waals surface area contributed by atoms with E-state index in [4.69, 9.17) is 10.5 Å². The molecule has 1 aromatic carbocycles. The lowest BCUT2D eigenvalue weighted by Gasteiger charge is -2.23. The van der Waals surface area contributed by atoms with Crippen molar-refractivity contribution in [2.24, 2.45) is 0 Å². The standard InChI is InChI=1S/C16H22N4O/c1-10-6-7-12(11(8-10)16(2,3)4)21-14-9-13(18-5)19-15(17)20-14/h6-9H,1-5H3,(H3,17,18,19,20). The number of nitrogens with one attached hydrogen (secondary N) is 1. The number of rotatable bonds is 3. The third kappa shape index (κ3) is 3.62. The average Bonchev–Trinajstić information content (AvgIpc) is 2.39. The first kappa shape index (κ1) is 15.1. The van der Waals surface area contributed by atoms with Crippen LogP contribution >= 0.6 is 0 Å². The summed E-state index contributed by atoms with van der Waals surface area (Å²) in [6, 6.07) is 7.85. The Morgan fingerprint density at radius 1 is 1.14 bits per heavy atom. The van der Waals surface area contributed by atoms with Crippen molar-refractivity contribution in [3.8, 4) is 11.6 Å². The van der Waals surface area contributed by atoms with Gasteiger partial charge in [0.2, 0.25) is 11.8 Å². The van der Waals surface area contributed by atoms with E-state index in [-0.39, 0.29) is 11.4 Å². The molecule has 0 spiro atoms. The van der Waals surface area contributed by atoms with Crippen molar-refractivity contribution in [2.45, 2.75) is 33.1 Å². The zero-order valence-electron chi connectivity index (χ0n) is 13.2. The summed E-state index contributed by atoms with van der Waals surface area (Å²) in [7, 11) is 1.78. The van der Waals surface area contributed by atoms with Crippen molar-refractivity contribution in [3.63, 3.8) is 0 Å². The Labute approximate surface area is 125 Å². The highest BCUT2D eigenvalue weighted by Gasteiger charge is 2.20. The van der Waals surface area contributed by atoms with Gasteiger partial charge in [-0.3, -0.25) is 0 Å². The fourth-order valence-electron chi connectivity index (χ4n) is 2.05. The third-order valence-corrected chi connectivity index (χ3v) is 3.13. The molecule has 0 saturated heterocycles. The number of hydrogen-bond donors (Lipinski definition) is 2. The van der Waals surface area contributed by atoms with Crippen LogP contribution in [-0.4, -0.2) is 17.0 Å². The van der Waals surface area contributed by atoms with E-state index in [0.29, 0.717) is 11.7 Å². The van der Waals surface area contributed by atoms with Crippen LogP contribution in [0.25, 0.3) is 0 Å². The minimum atomic E-state index is -0.0221. The normalized spacial score (nSPS) is 11.3. The summed E-state index contributed by atoms with van der Waals surface area (Å²) in [5.41, 5.74) is 8.00. The Kier molecular flexibility index (Phi) is 4.02. The van der Waals surface area contributed by atoms with E-state index >= 15 is 0 Å². The Morgan fingerprint density at radius 2 is 1.86 bits per heavy atom. The van der Waals surface area contributed by atoms with Gasteiger partial charge in [-0.25, -0.2) is 0 Å². The van der Waals surface area contributed by atoms with Crippen LogP contribution in [0.3, 0.4) is 0 Å². The lowest BCUT2D eigenvalue weighted by molar-refractivity contribution is 0.440. The van der Waals surface area contributed by atoms with Crippen LogP contribution in [0.1, 0.15) is 31.9 Å². The Balaban J connectivity index is 2.42. The summed E-state index contributed by atoms with van der Waals surface area (Å²) < 4.78 is 5.94. The van der Waals surface area contributed by atoms with E-state index in [1.807, 2.05) is 12.1 Å². The van der Waals surface area contributed by atoms with Crippen LogP contribution in [-0.2, 0) is 5.41 Å². The SMILES string of the molecule is CNc1cc(Oc2ccc(C)cc2C(C)(C)C)nc(N)n1. The quantitative estimate of drug-likeness (QED) is 0.903. The summed E-state index contributed by atoms with van der Waals surface area (Å²) in [6.45, 7) is 8.53. The summed E-state index contributed by atoms with van der Waals surface area (Å²) in [5.74, 6) is 2.03. The zero-order chi connectivity index (χ0) is 15.6. The Bertz CT molecular complexity index is 647. The number of nitrogens with zero attached hydrogens (tertiary/aromatic N) is 2. The van der Waals surface area contributed by atoms with Crippen LogP contribution in [0.4, 0.5) is 11.8 Å². The van der Waals surface area contributed by atoms with E-state index in [9.17, 15) is 0 Å². The van der Waals surface area contributed by atoms with E-state index in [2.05, 4.69) is 49.0 Å². The molecular weight excluding hydrogens is 264 g/mol. The van der Waals surface area contributed by atoms with Crippen molar-refractivity contribution >= 4 is 11.8 Å². The van der Waals surface area contributed by atoms with Gasteiger partial charge in [-0.15, -0.1) is 0 Å². The number of nitrogen functional groups attached to an aromatic ring is 1. The van der Waals surface area contributed by atoms with Gasteiger partial charge >= 0.3 is 0 Å². The smallest absolute Gasteiger partial charge is 0.226 e. The lowest BCUT2D eigenvalue weighted by atomic mass is 9.85. The summed E-state index contributed by atoms with van der Waals surface area (Å²) in [6.07, 6.45) is 0. The molecule has 0 aliphatic rings. The van der Waals surface area contributed by atoms with Crippen LogP contribution in [0.5, 0.6) is 11.6 Å². The van der Waals surface area contributed by atoms with Crippen molar-refractivity contribution in [1.82, 2.24) is 9.97 Å². The second kappa shape index (κ2) is 5.60. The molecule has 2 aromatic rings. The molecule has 112 valence electrons. The van der Waals surface area contributed by atoms with Crippen molar-refractivity contribution in [3.05, 3.63) is 35.4 Å². The largest absolute Gasteiger partial charge is 0.438 e. The van der Waals surface area contributed by atoms with Crippen LogP contribution < -0.4 is 15.8 Å². The fourth-order valence-corrected chi connectivity index (χ4v) is 2.05. The number of ether oxygens (including phenoxy) is 1. The van der Waals surface area contributed by atoms with Gasteiger partial charge in [0.15, 0.2) is 0 Å². The number of aromatic nitrogens is 2. The minimum Gasteiger partial charge on any atom is -0.438 e. The molecule has 0 aliphatic heterocycles. The highest BCUT2D eigenvalue weighted by Crippen LogP contribution is 2.34. The first-order valence-corrected chi connectivity index (χ1v) is 6.91. The minimum absolute atomic E-state index is 0.0221. The Hall–Kier alpha value is -2.30. The molecule has 0 aliphatic carbocycles. The molecule has 1 aromatic heterocycles. The van der Waals surface area contributed by atoms with Crippen molar-refractivity contribution in [1.29, 1.82) is 0 Å². The predicted octanol–water partition coefficient (Wildman–Crippen LogP) is 3.50. The van der Waals surface area contributed by atoms with E-state index in [1.54, 1.807) is 13.1 Å². The third-order valence-electron chi connectivity index (χ3n) is 3.13. The highest BCUT2D eigenvalue weighted by atomic mass is 16.5. The fraction of sp³-hybridized carbons (Fsp3) is 0.375. The lowest BCUT2D eigenvalue weighted by Crippen LogP contribution is -2.13. The highest BCUT2D eigenvalue weighted by molar-refractivity contribution is 5.46. The van der Waals surface area contributed by atoms with Crippen LogP contribution in [0, 0.1) is 6.92 Å². The molecule has 0 radical (unpaired) electrons. The topological polar surface area (TPSA) is 73.1 Å². The summed E-state index contributed by atoms with van der Waals surface area (Å²) in [5, 5.41) is 2.94. The van der Waals surface area contributed by atoms with Crippen LogP contribution in [0.15, 0.2) is 24.3 Å². The first-order chi connectivity index (χ1) is 9.79. The van der Waals surface area contributed by atoms with Gasteiger partial charge < -0.3 is 15.8 Å². The number of benzene rings is 1. The molecule has 0 unspecified atom stereocenters. The number of hydrogen-bond acceptors (Lipinski definition) is 5. The maximum Gasteiger partial charge on any atom is 0.226 e. The molecule has 5 heteroatoms. The van der Waals surface area contributed by atoms with Gasteiger partial charge in [0.1, 0.15) is 11.6 Å². The molecule has 0 amide bonds. The number of anilines is 2. The molecule has 0 fully saturated rings. The van der Waals surface area contributed by atoms with Gasteiger partial charge in [-0.05, 0) is 18.4 Å². The summed E-state index contributed by atoms with van der Waals surface area (Å²) in [4.78, 5) is 8.18. The molecule has 0 atom stereocenters. The van der Waals surface area contributed by atoms with Gasteiger partial charge in [-0.1, -0.05) is 38.5 Å². The van der Waals surface area contributed by atoms with Gasteiger partial charge in [0.05, 0.1) is 0 Å². The molecule has 5 nitrogen and oxygen atoms in total. The molecule has 1 heterocycles. The number of aryl methyl sites for hydroxylation is 1. The average molecular weight is 286 g/mol. The van der Waals surface area contributed by atoms with Gasteiger partial charge in [-0.2, -0.15) is 9.97 Å². The van der Waals surface area contributed by atoms with Gasteiger partial charge in [0.25, 0.3) is 0 Å². The van der Waals surface area contributed by atoms with Gasteiger partial charge in [0, 0.05) is 18.7 Å². The molecule has 21 heavy (non-hydrogen) atoms. The first-order valence-electron chi connectivity index (χ1n) is 6.91. The van der Waals surface area contributed by atoms with Crippen molar-refractivity contribution in [2.75, 3.05) is 18.1 Å². The van der Waals surface area contributed by atoms with Crippen LogP contribution in [0.2, 0.25) is 0 Å². The van der Waals surface area contributed by atoms with E-state index in [1.165, 1.54) is 5.56 Å². The molecule has 0 bridgehead atoms. The summed E-state index contributed by atoms with van der Waals surface area (Å²) >= 11 is 0. The number of nitrogens with two attached hydrogens (primary N) is 1. The monoisotopic (exact) mass is 286 g/mol. The predicted molar refractivity (Wildman–Crippen MR) is 85.9 cm³/mol. The molecule has 3 N–H and O–H groups in total. The molecule has 2 rings (SSSR count). The maximum absolute atomic E-state index is 5.94. The molecule has 0 saturated carbocycles. The second-order valence-corrected chi connectivity index (χ2v) is 6.05. The molecular formula is C16H22N4O. The maximum atomic E-state index is 5.94.